The summed E-state index contributed by atoms with van der Waals surface area (Å²) >= 11 is 0. The van der Waals surface area contributed by atoms with Crippen LogP contribution >= 0.6 is 0 Å². The first-order valence-corrected chi connectivity index (χ1v) is 10.0. The minimum Gasteiger partial charge on any atom is -0.497 e. The zero-order chi connectivity index (χ0) is 20.8. The van der Waals surface area contributed by atoms with Gasteiger partial charge in [0.2, 0.25) is 17.7 Å². The molecule has 0 bridgehead atoms. The number of carbonyl (C=O) groups is 2. The molecule has 1 fully saturated rings. The van der Waals surface area contributed by atoms with Crippen molar-refractivity contribution < 1.29 is 18.8 Å². The number of carbonyl (C=O) groups excluding carboxylic acids is 2. The average molecular weight is 400 g/mol. The molecule has 156 valence electrons. The van der Waals surface area contributed by atoms with E-state index in [-0.39, 0.29) is 17.7 Å². The van der Waals surface area contributed by atoms with Gasteiger partial charge in [0.25, 0.3) is 0 Å². The van der Waals surface area contributed by atoms with Gasteiger partial charge >= 0.3 is 0 Å². The Morgan fingerprint density at radius 2 is 2.07 bits per heavy atom. The topological polar surface area (TPSA) is 97.6 Å². The lowest BCUT2D eigenvalue weighted by molar-refractivity contribution is -0.136. The average Bonchev–Trinajstić information content (AvgIpc) is 3.38. The van der Waals surface area contributed by atoms with Crippen LogP contribution in [0.2, 0.25) is 0 Å². The van der Waals surface area contributed by atoms with Gasteiger partial charge in [-0.3, -0.25) is 9.59 Å². The summed E-state index contributed by atoms with van der Waals surface area (Å²) in [6.45, 7) is 4.61. The monoisotopic (exact) mass is 400 g/mol. The summed E-state index contributed by atoms with van der Waals surface area (Å²) in [6, 6.07) is 6.71. The molecule has 1 aliphatic rings. The van der Waals surface area contributed by atoms with Gasteiger partial charge in [0.05, 0.1) is 7.11 Å². The number of ether oxygens (including phenoxy) is 1. The Morgan fingerprint density at radius 3 is 2.72 bits per heavy atom. The second-order valence-electron chi connectivity index (χ2n) is 7.52. The first-order chi connectivity index (χ1) is 14.0. The number of nitrogens with one attached hydrogen (secondary N) is 1. The van der Waals surface area contributed by atoms with Gasteiger partial charge in [-0.1, -0.05) is 19.0 Å². The SMILES string of the molecule is COc1ccc(NC(=O)[C@H]2CCCN2C(=O)CCCc2nc(C(C)C)no2)cc1. The molecule has 2 aromatic rings. The minimum absolute atomic E-state index is 0.0130. The van der Waals surface area contributed by atoms with E-state index in [2.05, 4.69) is 15.5 Å². The number of hydrogen-bond donors (Lipinski definition) is 1. The van der Waals surface area contributed by atoms with Gasteiger partial charge in [0, 0.05) is 31.0 Å². The van der Waals surface area contributed by atoms with Crippen molar-refractivity contribution in [2.75, 3.05) is 19.0 Å². The molecule has 29 heavy (non-hydrogen) atoms. The van der Waals surface area contributed by atoms with Crippen molar-refractivity contribution in [3.05, 3.63) is 36.0 Å². The van der Waals surface area contributed by atoms with Crippen LogP contribution in [0.3, 0.4) is 0 Å². The Hall–Kier alpha value is -2.90. The van der Waals surface area contributed by atoms with Crippen LogP contribution in [0.1, 0.15) is 57.2 Å². The largest absolute Gasteiger partial charge is 0.497 e. The zero-order valence-corrected chi connectivity index (χ0v) is 17.2. The second kappa shape index (κ2) is 9.54. The van der Waals surface area contributed by atoms with Crippen LogP contribution in [0.25, 0.3) is 0 Å². The number of nitrogens with zero attached hydrogens (tertiary/aromatic N) is 3. The molecule has 0 radical (unpaired) electrons. The molecule has 0 spiro atoms. The van der Waals surface area contributed by atoms with Crippen LogP contribution in [-0.4, -0.2) is 46.6 Å². The third-order valence-corrected chi connectivity index (χ3v) is 5.01. The summed E-state index contributed by atoms with van der Waals surface area (Å²) in [5.41, 5.74) is 0.687. The highest BCUT2D eigenvalue weighted by molar-refractivity contribution is 5.97. The molecule has 1 aliphatic heterocycles. The van der Waals surface area contributed by atoms with Crippen LogP contribution in [-0.2, 0) is 16.0 Å². The maximum absolute atomic E-state index is 12.7. The number of aromatic nitrogens is 2. The van der Waals surface area contributed by atoms with E-state index in [1.807, 2.05) is 13.8 Å². The summed E-state index contributed by atoms with van der Waals surface area (Å²) in [5, 5.41) is 6.83. The summed E-state index contributed by atoms with van der Waals surface area (Å²) < 4.78 is 10.3. The summed E-state index contributed by atoms with van der Waals surface area (Å²) in [6.07, 6.45) is 3.03. The Labute approximate surface area is 170 Å². The fraction of sp³-hybridized carbons (Fsp3) is 0.524. The normalized spacial score (nSPS) is 16.3. The van der Waals surface area contributed by atoms with E-state index in [9.17, 15) is 9.59 Å². The molecule has 1 atom stereocenters. The number of aryl methyl sites for hydroxylation is 1. The van der Waals surface area contributed by atoms with Crippen LogP contribution in [0.5, 0.6) is 5.75 Å². The molecule has 2 heterocycles. The maximum Gasteiger partial charge on any atom is 0.247 e. The van der Waals surface area contributed by atoms with E-state index in [0.717, 1.165) is 12.2 Å². The van der Waals surface area contributed by atoms with E-state index in [1.165, 1.54) is 0 Å². The molecule has 3 rings (SSSR count). The van der Waals surface area contributed by atoms with Gasteiger partial charge in [-0.15, -0.1) is 0 Å². The maximum atomic E-state index is 12.7. The molecular weight excluding hydrogens is 372 g/mol. The van der Waals surface area contributed by atoms with Gasteiger partial charge < -0.3 is 19.5 Å². The lowest BCUT2D eigenvalue weighted by Crippen LogP contribution is -2.43. The summed E-state index contributed by atoms with van der Waals surface area (Å²) in [5.74, 6) is 2.00. The van der Waals surface area contributed by atoms with E-state index in [0.29, 0.717) is 49.6 Å². The number of rotatable bonds is 8. The predicted molar refractivity (Wildman–Crippen MR) is 108 cm³/mol. The molecular formula is C21H28N4O4. The fourth-order valence-corrected chi connectivity index (χ4v) is 3.38. The van der Waals surface area contributed by atoms with Crippen molar-refractivity contribution in [3.8, 4) is 5.75 Å². The summed E-state index contributed by atoms with van der Waals surface area (Å²) in [4.78, 5) is 31.4. The predicted octanol–water partition coefficient (Wildman–Crippen LogP) is 3.15. The highest BCUT2D eigenvalue weighted by atomic mass is 16.5. The lowest BCUT2D eigenvalue weighted by Gasteiger charge is -2.24. The molecule has 2 amide bonds. The molecule has 0 aliphatic carbocycles. The first kappa shape index (κ1) is 20.8. The Kier molecular flexibility index (Phi) is 6.85. The van der Waals surface area contributed by atoms with Crippen LogP contribution in [0, 0.1) is 0 Å². The number of hydrogen-bond acceptors (Lipinski definition) is 6. The van der Waals surface area contributed by atoms with Gasteiger partial charge in [0.1, 0.15) is 11.8 Å². The molecule has 8 nitrogen and oxygen atoms in total. The number of benzene rings is 1. The minimum atomic E-state index is -0.430. The van der Waals surface area contributed by atoms with E-state index < -0.39 is 6.04 Å². The standard InChI is InChI=1S/C21H28N4O4/c1-14(2)20-23-18(29-24-20)7-4-8-19(26)25-13-5-6-17(25)21(27)22-15-9-11-16(28-3)12-10-15/h9-12,14,17H,4-8,13H2,1-3H3,(H,22,27)/t17-/m1/s1. The number of likely N-dealkylation sites (tertiary alicyclic amines) is 1. The van der Waals surface area contributed by atoms with Gasteiger partial charge in [0.15, 0.2) is 5.82 Å². The van der Waals surface area contributed by atoms with Crippen molar-refractivity contribution in [3.63, 3.8) is 0 Å². The molecule has 0 saturated carbocycles. The smallest absolute Gasteiger partial charge is 0.247 e. The van der Waals surface area contributed by atoms with Crippen molar-refractivity contribution in [1.29, 1.82) is 0 Å². The van der Waals surface area contributed by atoms with E-state index in [1.54, 1.807) is 36.3 Å². The first-order valence-electron chi connectivity index (χ1n) is 10.0. The van der Waals surface area contributed by atoms with E-state index in [4.69, 9.17) is 9.26 Å². The lowest BCUT2D eigenvalue weighted by atomic mass is 10.1. The molecule has 1 aromatic heterocycles. The molecule has 8 heteroatoms. The summed E-state index contributed by atoms with van der Waals surface area (Å²) in [7, 11) is 1.59. The number of methoxy groups -OCH3 is 1. The third kappa shape index (κ3) is 5.34. The van der Waals surface area contributed by atoms with Crippen molar-refractivity contribution >= 4 is 17.5 Å². The zero-order valence-electron chi connectivity index (χ0n) is 17.2. The Balaban J connectivity index is 1.50. The fourth-order valence-electron chi connectivity index (χ4n) is 3.38. The van der Waals surface area contributed by atoms with Crippen LogP contribution in [0.4, 0.5) is 5.69 Å². The third-order valence-electron chi connectivity index (χ3n) is 5.01. The highest BCUT2D eigenvalue weighted by Gasteiger charge is 2.33. The van der Waals surface area contributed by atoms with Crippen molar-refractivity contribution in [1.82, 2.24) is 15.0 Å². The quantitative estimate of drug-likeness (QED) is 0.731. The van der Waals surface area contributed by atoms with Gasteiger partial charge in [-0.05, 0) is 43.5 Å². The van der Waals surface area contributed by atoms with E-state index >= 15 is 0 Å². The molecule has 1 N–H and O–H groups in total. The Morgan fingerprint density at radius 1 is 1.31 bits per heavy atom. The number of anilines is 1. The molecule has 1 aromatic carbocycles. The Bertz CT molecular complexity index is 831. The molecule has 1 saturated heterocycles. The van der Waals surface area contributed by atoms with Gasteiger partial charge in [-0.25, -0.2) is 0 Å². The highest BCUT2D eigenvalue weighted by Crippen LogP contribution is 2.22. The second-order valence-corrected chi connectivity index (χ2v) is 7.52. The van der Waals surface area contributed by atoms with Crippen LogP contribution in [0.15, 0.2) is 28.8 Å². The van der Waals surface area contributed by atoms with Crippen LogP contribution < -0.4 is 10.1 Å². The van der Waals surface area contributed by atoms with Crippen molar-refractivity contribution in [2.45, 2.75) is 57.9 Å². The molecule has 0 unspecified atom stereocenters. The number of amides is 2. The van der Waals surface area contributed by atoms with Crippen molar-refractivity contribution in [2.24, 2.45) is 0 Å². The van der Waals surface area contributed by atoms with Gasteiger partial charge in [-0.2, -0.15) is 4.98 Å².